The fraction of sp³-hybridized carbons (Fsp3) is 0.442. The van der Waals surface area contributed by atoms with Crippen molar-refractivity contribution in [1.82, 2.24) is 34.5 Å². The molecule has 3 heterocycles. The molecule has 1 saturated heterocycles. The van der Waals surface area contributed by atoms with Gasteiger partial charge in [0.1, 0.15) is 35.4 Å². The van der Waals surface area contributed by atoms with Crippen LogP contribution in [0, 0.1) is 11.3 Å². The minimum Gasteiger partial charge on any atom is -0.497 e. The summed E-state index contributed by atoms with van der Waals surface area (Å²) < 4.78 is 42.7. The number of hydrogen-bond donors (Lipinski definition) is 0. The molecule has 0 spiro atoms. The van der Waals surface area contributed by atoms with E-state index in [9.17, 15) is 5.26 Å². The fourth-order valence-electron chi connectivity index (χ4n) is 7.08. The highest BCUT2D eigenvalue weighted by Gasteiger charge is 2.45. The van der Waals surface area contributed by atoms with E-state index in [2.05, 4.69) is 75.8 Å². The maximum absolute atomic E-state index is 9.41. The minimum absolute atomic E-state index is 0.0902. The second kappa shape index (κ2) is 19.8. The lowest BCUT2D eigenvalue weighted by molar-refractivity contribution is -0.0934. The predicted octanol–water partition coefficient (Wildman–Crippen LogP) is 7.81. The molecule has 4 atom stereocenters. The van der Waals surface area contributed by atoms with E-state index in [1.165, 1.54) is 6.33 Å². The Labute approximate surface area is 347 Å². The van der Waals surface area contributed by atoms with Gasteiger partial charge in [-0.1, -0.05) is 59.8 Å². The molecule has 0 amide bonds. The fourth-order valence-corrected chi connectivity index (χ4v) is 8.84. The summed E-state index contributed by atoms with van der Waals surface area (Å²) in [6.45, 7) is 10.7. The molecule has 16 heteroatoms. The first kappa shape index (κ1) is 43.5. The van der Waals surface area contributed by atoms with Crippen molar-refractivity contribution in [3.8, 4) is 17.6 Å². The van der Waals surface area contributed by atoms with Crippen molar-refractivity contribution < 1.29 is 28.0 Å². The van der Waals surface area contributed by atoms with Gasteiger partial charge in [-0.2, -0.15) is 9.94 Å². The second-order valence-corrected chi connectivity index (χ2v) is 16.2. The standard InChI is InChI=1S/C43H54N9O6P/c1-29(2)52(30(3)4)59(56-25-13-24-44)58-37-26-39(51-42-40(48-49-51)41(45-28-46-42)47-31(5)50(6)7)57-38(37)27-55-43(32-14-11-10-12-15-32,33-16-20-35(53-8)21-17-33)34-18-22-36(54-9)23-19-34/h10-12,14-23,28-30,37-39H,13,25-27H2,1-9H3/b47-31+/t37-,38+,39+,59?/m0/s1. The number of rotatable bonds is 18. The molecule has 312 valence electrons. The molecule has 0 radical (unpaired) electrons. The number of fused-ring (bicyclic) bond motifs is 1. The first-order valence-electron chi connectivity index (χ1n) is 19.7. The third-order valence-corrected chi connectivity index (χ3v) is 12.3. The molecule has 1 aliphatic heterocycles. The van der Waals surface area contributed by atoms with Crippen LogP contribution in [0.3, 0.4) is 0 Å². The summed E-state index contributed by atoms with van der Waals surface area (Å²) in [5, 5.41) is 18.4. The van der Waals surface area contributed by atoms with Crippen LogP contribution in [0.1, 0.15) is 70.4 Å². The number of amidine groups is 1. The maximum Gasteiger partial charge on any atom is 0.259 e. The highest BCUT2D eigenvalue weighted by Crippen LogP contribution is 2.51. The Morgan fingerprint density at radius 2 is 1.54 bits per heavy atom. The van der Waals surface area contributed by atoms with Gasteiger partial charge in [0.15, 0.2) is 23.2 Å². The van der Waals surface area contributed by atoms with E-state index in [0.29, 0.717) is 23.4 Å². The third kappa shape index (κ3) is 9.71. The molecule has 2 aromatic heterocycles. The first-order chi connectivity index (χ1) is 28.5. The van der Waals surface area contributed by atoms with Crippen LogP contribution in [0.2, 0.25) is 0 Å². The Morgan fingerprint density at radius 1 is 0.932 bits per heavy atom. The maximum atomic E-state index is 9.41. The van der Waals surface area contributed by atoms with Gasteiger partial charge in [-0.3, -0.25) is 0 Å². The van der Waals surface area contributed by atoms with Crippen molar-refractivity contribution in [2.24, 2.45) is 4.99 Å². The molecular formula is C43H54N9O6P. The monoisotopic (exact) mass is 823 g/mol. The summed E-state index contributed by atoms with van der Waals surface area (Å²) in [6, 6.07) is 28.3. The van der Waals surface area contributed by atoms with E-state index in [-0.39, 0.29) is 31.7 Å². The molecular weight excluding hydrogens is 770 g/mol. The van der Waals surface area contributed by atoms with Crippen molar-refractivity contribution in [1.29, 1.82) is 5.26 Å². The summed E-state index contributed by atoms with van der Waals surface area (Å²) in [7, 11) is 5.48. The van der Waals surface area contributed by atoms with Crippen molar-refractivity contribution in [3.63, 3.8) is 0 Å². The number of nitrogens with zero attached hydrogens (tertiary/aromatic N) is 9. The highest BCUT2D eigenvalue weighted by molar-refractivity contribution is 7.44. The average Bonchev–Trinajstić information content (AvgIpc) is 3.86. The van der Waals surface area contributed by atoms with Crippen molar-refractivity contribution in [2.45, 2.75) is 83.6 Å². The van der Waals surface area contributed by atoms with Gasteiger partial charge in [-0.15, -0.1) is 5.10 Å². The lowest BCUT2D eigenvalue weighted by Gasteiger charge is -2.39. The normalized spacial score (nSPS) is 17.8. The molecule has 0 N–H and O–H groups in total. The number of benzene rings is 3. The zero-order valence-corrected chi connectivity index (χ0v) is 36.1. The van der Waals surface area contributed by atoms with E-state index < -0.39 is 32.6 Å². The highest BCUT2D eigenvalue weighted by atomic mass is 31.2. The molecule has 0 saturated carbocycles. The number of hydrogen-bond acceptors (Lipinski definition) is 13. The van der Waals surface area contributed by atoms with Gasteiger partial charge in [0.05, 0.1) is 46.0 Å². The van der Waals surface area contributed by atoms with Crippen LogP contribution in [0.5, 0.6) is 11.5 Å². The molecule has 1 fully saturated rings. The van der Waals surface area contributed by atoms with E-state index in [4.69, 9.17) is 28.0 Å². The Kier molecular flexibility index (Phi) is 14.6. The lowest BCUT2D eigenvalue weighted by atomic mass is 9.80. The van der Waals surface area contributed by atoms with Gasteiger partial charge in [0.2, 0.25) is 0 Å². The van der Waals surface area contributed by atoms with Crippen LogP contribution in [-0.2, 0) is 24.1 Å². The molecule has 6 rings (SSSR count). The number of methoxy groups -OCH3 is 2. The third-order valence-electron chi connectivity index (χ3n) is 10.1. The molecule has 3 aromatic carbocycles. The summed E-state index contributed by atoms with van der Waals surface area (Å²) in [5.74, 6) is 2.60. The molecule has 5 aromatic rings. The predicted molar refractivity (Wildman–Crippen MR) is 226 cm³/mol. The summed E-state index contributed by atoms with van der Waals surface area (Å²) >= 11 is 0. The average molecular weight is 824 g/mol. The Balaban J connectivity index is 1.44. The number of nitriles is 1. The molecule has 1 unspecified atom stereocenters. The van der Waals surface area contributed by atoms with Crippen molar-refractivity contribution in [2.75, 3.05) is 41.5 Å². The first-order valence-corrected chi connectivity index (χ1v) is 20.8. The van der Waals surface area contributed by atoms with E-state index in [1.54, 1.807) is 18.9 Å². The van der Waals surface area contributed by atoms with Crippen LogP contribution in [-0.4, -0.2) is 106 Å². The van der Waals surface area contributed by atoms with Gasteiger partial charge in [0.25, 0.3) is 8.53 Å². The molecule has 59 heavy (non-hydrogen) atoms. The SMILES string of the molecule is COc1ccc(C(OC[C@H]2O[C@@H](n3nnc4c(/N=C(\C)N(C)C)ncnc43)C[C@@H]2OP(OCCC#N)N(C(C)C)C(C)C)(c2ccccc2)c2ccc(OC)cc2)cc1. The van der Waals surface area contributed by atoms with E-state index >= 15 is 0 Å². The van der Waals surface area contributed by atoms with E-state index in [1.807, 2.05) is 92.6 Å². The van der Waals surface area contributed by atoms with Gasteiger partial charge in [-0.25, -0.2) is 19.6 Å². The largest absolute Gasteiger partial charge is 0.497 e. The topological polar surface area (TPSA) is 154 Å². The Hall–Kier alpha value is -5.07. The lowest BCUT2D eigenvalue weighted by Crippen LogP contribution is -2.39. The number of aromatic nitrogens is 5. The van der Waals surface area contributed by atoms with Gasteiger partial charge >= 0.3 is 0 Å². The quantitative estimate of drug-likeness (QED) is 0.0278. The molecule has 15 nitrogen and oxygen atoms in total. The van der Waals surface area contributed by atoms with Crippen LogP contribution in [0.25, 0.3) is 11.2 Å². The Bertz CT molecular complexity index is 2120. The molecule has 0 aliphatic carbocycles. The van der Waals surface area contributed by atoms with Gasteiger partial charge < -0.3 is 32.9 Å². The Morgan fingerprint density at radius 3 is 2.10 bits per heavy atom. The van der Waals surface area contributed by atoms with Gasteiger partial charge in [-0.05, 0) is 75.6 Å². The van der Waals surface area contributed by atoms with Crippen LogP contribution >= 0.6 is 8.53 Å². The second-order valence-electron chi connectivity index (χ2n) is 14.8. The summed E-state index contributed by atoms with van der Waals surface area (Å²) in [4.78, 5) is 15.6. The minimum atomic E-state index is -1.64. The zero-order chi connectivity index (χ0) is 42.1. The molecule has 0 bridgehead atoms. The van der Waals surface area contributed by atoms with E-state index in [0.717, 1.165) is 34.0 Å². The van der Waals surface area contributed by atoms with Crippen molar-refractivity contribution in [3.05, 3.63) is 102 Å². The number of aliphatic imine (C=N–C) groups is 1. The van der Waals surface area contributed by atoms with Crippen LogP contribution in [0.4, 0.5) is 5.82 Å². The van der Waals surface area contributed by atoms with Crippen molar-refractivity contribution >= 4 is 31.3 Å². The summed E-state index contributed by atoms with van der Waals surface area (Å²) in [5.41, 5.74) is 2.50. The van der Waals surface area contributed by atoms with Crippen LogP contribution < -0.4 is 9.47 Å². The summed E-state index contributed by atoms with van der Waals surface area (Å²) in [6.07, 6.45) is 0.254. The zero-order valence-electron chi connectivity index (χ0n) is 35.2. The smallest absolute Gasteiger partial charge is 0.259 e. The number of ether oxygens (including phenoxy) is 4. The van der Waals surface area contributed by atoms with Crippen LogP contribution in [0.15, 0.2) is 90.2 Å². The molecule has 1 aliphatic rings. The van der Waals surface area contributed by atoms with Gasteiger partial charge in [0, 0.05) is 32.6 Å².